The van der Waals surface area contributed by atoms with Crippen LogP contribution in [0, 0.1) is 0 Å². The summed E-state index contributed by atoms with van der Waals surface area (Å²) in [6.45, 7) is 11.0. The van der Waals surface area contributed by atoms with Gasteiger partial charge in [0.15, 0.2) is 5.69 Å². The van der Waals surface area contributed by atoms with E-state index in [2.05, 4.69) is 17.2 Å². The highest BCUT2D eigenvalue weighted by atomic mass is 35.5. The van der Waals surface area contributed by atoms with Gasteiger partial charge in [0, 0.05) is 30.2 Å². The Hall–Kier alpha value is -2.58. The summed E-state index contributed by atoms with van der Waals surface area (Å²) >= 11 is 6.28. The number of hydrogen-bond donors (Lipinski definition) is 1. The molecule has 3 heterocycles. The molecule has 1 aromatic carbocycles. The minimum absolute atomic E-state index is 0.0449. The van der Waals surface area contributed by atoms with Gasteiger partial charge < -0.3 is 15.0 Å². The molecule has 1 saturated heterocycles. The van der Waals surface area contributed by atoms with Crippen molar-refractivity contribution >= 4 is 29.3 Å². The zero-order chi connectivity index (χ0) is 22.5. The number of ether oxygens (including phenoxy) is 1. The van der Waals surface area contributed by atoms with Gasteiger partial charge in [0.05, 0.1) is 23.6 Å². The minimum Gasteiger partial charge on any atom is -0.455 e. The number of carbonyl (C=O) groups excluding carboxylic acids is 2. The predicted octanol–water partition coefficient (Wildman–Crippen LogP) is 3.60. The number of amides is 2. The van der Waals surface area contributed by atoms with E-state index in [0.717, 1.165) is 12.2 Å². The van der Waals surface area contributed by atoms with Crippen LogP contribution in [-0.4, -0.2) is 57.2 Å². The second kappa shape index (κ2) is 7.84. The number of fused-ring (bicyclic) bond motifs is 3. The summed E-state index contributed by atoms with van der Waals surface area (Å²) in [6.07, 6.45) is 1.60. The maximum absolute atomic E-state index is 13.7. The third-order valence-corrected chi connectivity index (χ3v) is 5.73. The van der Waals surface area contributed by atoms with Gasteiger partial charge in [-0.15, -0.1) is 0 Å². The summed E-state index contributed by atoms with van der Waals surface area (Å²) in [5.41, 5.74) is 1.63. The van der Waals surface area contributed by atoms with Crippen molar-refractivity contribution in [1.29, 1.82) is 0 Å². The number of anilines is 1. The first-order chi connectivity index (χ1) is 14.5. The molecule has 8 nitrogen and oxygen atoms in total. The van der Waals surface area contributed by atoms with Crippen molar-refractivity contribution in [3.63, 3.8) is 0 Å². The van der Waals surface area contributed by atoms with E-state index >= 15 is 0 Å². The van der Waals surface area contributed by atoms with E-state index in [4.69, 9.17) is 16.3 Å². The molecule has 2 amide bonds. The Bertz CT molecular complexity index is 1030. The molecule has 31 heavy (non-hydrogen) atoms. The summed E-state index contributed by atoms with van der Waals surface area (Å²) in [6, 6.07) is 5.51. The third-order valence-electron chi connectivity index (χ3n) is 5.50. The molecular weight excluding hydrogens is 418 g/mol. The Morgan fingerprint density at radius 1 is 1.23 bits per heavy atom. The van der Waals surface area contributed by atoms with Crippen LogP contribution in [0.3, 0.4) is 0 Å². The fraction of sp³-hybridized carbons (Fsp3) is 0.500. The number of rotatable bonds is 1. The lowest BCUT2D eigenvalue weighted by molar-refractivity contribution is 0.00619. The second-order valence-electron chi connectivity index (χ2n) is 9.22. The number of nitrogens with zero attached hydrogens (tertiary/aromatic N) is 4. The molecule has 2 atom stereocenters. The lowest BCUT2D eigenvalue weighted by atomic mass is 10.1. The molecule has 1 fully saturated rings. The van der Waals surface area contributed by atoms with Crippen LogP contribution in [0.4, 0.5) is 10.5 Å². The fourth-order valence-corrected chi connectivity index (χ4v) is 4.16. The lowest BCUT2D eigenvalue weighted by Crippen LogP contribution is -2.59. The van der Waals surface area contributed by atoms with E-state index in [9.17, 15) is 9.59 Å². The zero-order valence-corrected chi connectivity index (χ0v) is 19.2. The first-order valence-electron chi connectivity index (χ1n) is 10.5. The van der Waals surface area contributed by atoms with E-state index < -0.39 is 11.6 Å². The van der Waals surface area contributed by atoms with Crippen LogP contribution in [-0.2, 0) is 11.3 Å². The molecule has 166 valence electrons. The number of benzene rings is 1. The van der Waals surface area contributed by atoms with Gasteiger partial charge in [-0.25, -0.2) is 14.6 Å². The quantitative estimate of drug-likeness (QED) is 0.678. The van der Waals surface area contributed by atoms with Crippen molar-refractivity contribution in [3.05, 3.63) is 40.9 Å². The normalized spacial score (nSPS) is 20.8. The molecule has 1 N–H and O–H groups in total. The molecule has 0 unspecified atom stereocenters. The first-order valence-corrected chi connectivity index (χ1v) is 10.8. The number of hydrogen-bond acceptors (Lipinski definition) is 5. The second-order valence-corrected chi connectivity index (χ2v) is 9.66. The first kappa shape index (κ1) is 21.6. The largest absolute Gasteiger partial charge is 0.455 e. The van der Waals surface area contributed by atoms with E-state index in [1.165, 1.54) is 0 Å². The molecule has 2 aliphatic heterocycles. The van der Waals surface area contributed by atoms with Crippen LogP contribution < -0.4 is 10.2 Å². The highest BCUT2D eigenvalue weighted by molar-refractivity contribution is 6.31. The molecule has 0 spiro atoms. The number of piperazine rings is 1. The lowest BCUT2D eigenvalue weighted by Gasteiger charge is -2.41. The Kier molecular flexibility index (Phi) is 5.47. The van der Waals surface area contributed by atoms with E-state index in [1.54, 1.807) is 23.4 Å². The van der Waals surface area contributed by atoms with Crippen molar-refractivity contribution in [1.82, 2.24) is 19.8 Å². The smallest absolute Gasteiger partial charge is 0.359 e. The average Bonchev–Trinajstić information content (AvgIpc) is 3.11. The molecule has 2 aliphatic rings. The van der Waals surface area contributed by atoms with Gasteiger partial charge >= 0.3 is 12.0 Å². The van der Waals surface area contributed by atoms with E-state index in [0.29, 0.717) is 22.9 Å². The standard InChI is InChI=1S/C22H28ClN5O3/c1-13-10-26(14(2)9-24-13)21(30)27-11-18-19(20(29)31-22(3,4)5)25-12-28(18)16-7-6-15(23)8-17(16)27/h6-8,12-14,24H,9-11H2,1-5H3/t13-,14+/m0/s1. The monoisotopic (exact) mass is 445 g/mol. The summed E-state index contributed by atoms with van der Waals surface area (Å²) in [5, 5.41) is 3.93. The molecule has 2 aromatic rings. The molecule has 0 radical (unpaired) electrons. The van der Waals surface area contributed by atoms with Crippen LogP contribution in [0.25, 0.3) is 5.69 Å². The summed E-state index contributed by atoms with van der Waals surface area (Å²) in [4.78, 5) is 34.3. The van der Waals surface area contributed by atoms with Crippen molar-refractivity contribution in [2.75, 3.05) is 18.0 Å². The van der Waals surface area contributed by atoms with Gasteiger partial charge in [-0.05, 0) is 52.8 Å². The van der Waals surface area contributed by atoms with Gasteiger partial charge in [-0.1, -0.05) is 11.6 Å². The number of esters is 1. The molecule has 4 rings (SSSR count). The molecular formula is C22H28ClN5O3. The van der Waals surface area contributed by atoms with Crippen LogP contribution in [0.2, 0.25) is 5.02 Å². The van der Waals surface area contributed by atoms with Crippen LogP contribution >= 0.6 is 11.6 Å². The zero-order valence-electron chi connectivity index (χ0n) is 18.5. The average molecular weight is 446 g/mol. The Morgan fingerprint density at radius 2 is 1.97 bits per heavy atom. The Balaban J connectivity index is 1.75. The van der Waals surface area contributed by atoms with Crippen molar-refractivity contribution in [2.24, 2.45) is 0 Å². The third kappa shape index (κ3) is 4.14. The topological polar surface area (TPSA) is 79.7 Å². The number of halogens is 1. The van der Waals surface area contributed by atoms with Gasteiger partial charge in [-0.3, -0.25) is 9.47 Å². The molecule has 0 saturated carbocycles. The summed E-state index contributed by atoms with van der Waals surface area (Å²) in [5.74, 6) is -0.504. The van der Waals surface area contributed by atoms with Gasteiger partial charge in [0.2, 0.25) is 0 Å². The number of carbonyl (C=O) groups is 2. The van der Waals surface area contributed by atoms with Gasteiger partial charge in [0.25, 0.3) is 0 Å². The molecule has 1 aromatic heterocycles. The Morgan fingerprint density at radius 3 is 2.68 bits per heavy atom. The molecule has 0 bridgehead atoms. The predicted molar refractivity (Wildman–Crippen MR) is 119 cm³/mol. The fourth-order valence-electron chi connectivity index (χ4n) is 3.99. The number of urea groups is 1. The van der Waals surface area contributed by atoms with Crippen molar-refractivity contribution < 1.29 is 14.3 Å². The van der Waals surface area contributed by atoms with Crippen molar-refractivity contribution in [2.45, 2.75) is 58.8 Å². The summed E-state index contributed by atoms with van der Waals surface area (Å²) < 4.78 is 7.37. The maximum atomic E-state index is 13.7. The number of imidazole rings is 1. The highest BCUT2D eigenvalue weighted by Gasteiger charge is 2.37. The maximum Gasteiger partial charge on any atom is 0.359 e. The van der Waals surface area contributed by atoms with Crippen LogP contribution in [0.1, 0.15) is 50.8 Å². The number of nitrogens with one attached hydrogen (secondary N) is 1. The van der Waals surface area contributed by atoms with E-state index in [1.807, 2.05) is 43.2 Å². The van der Waals surface area contributed by atoms with Crippen LogP contribution in [0.15, 0.2) is 24.5 Å². The minimum atomic E-state index is -0.643. The Labute approximate surface area is 187 Å². The van der Waals surface area contributed by atoms with Gasteiger partial charge in [0.1, 0.15) is 11.9 Å². The molecule has 0 aliphatic carbocycles. The molecule has 9 heteroatoms. The van der Waals surface area contributed by atoms with E-state index in [-0.39, 0.29) is 30.4 Å². The van der Waals surface area contributed by atoms with Crippen LogP contribution in [0.5, 0.6) is 0 Å². The summed E-state index contributed by atoms with van der Waals surface area (Å²) in [7, 11) is 0. The SMILES string of the molecule is C[C@@H]1CN[C@@H](C)CN1C(=O)N1Cc2c(C(=O)OC(C)(C)C)ncn2-c2ccc(Cl)cc21. The number of aromatic nitrogens is 2. The van der Waals surface area contributed by atoms with Gasteiger partial charge in [-0.2, -0.15) is 0 Å². The van der Waals surface area contributed by atoms with Crippen molar-refractivity contribution in [3.8, 4) is 5.69 Å². The highest BCUT2D eigenvalue weighted by Crippen LogP contribution is 2.36.